The smallest absolute Gasteiger partial charge is 0.422 e. The summed E-state index contributed by atoms with van der Waals surface area (Å²) in [4.78, 5) is 12.1. The maximum Gasteiger partial charge on any atom is 0.422 e. The van der Waals surface area contributed by atoms with Gasteiger partial charge in [0.05, 0.1) is 11.6 Å². The van der Waals surface area contributed by atoms with Crippen molar-refractivity contribution in [2.75, 3.05) is 25.0 Å². The molecule has 1 atom stereocenters. The maximum atomic E-state index is 12.2. The summed E-state index contributed by atoms with van der Waals surface area (Å²) in [5, 5.41) is 5.77. The monoisotopic (exact) mass is 302 g/mol. The van der Waals surface area contributed by atoms with Crippen LogP contribution < -0.4 is 15.4 Å². The second kappa shape index (κ2) is 6.80. The molecular formula is C14H17F3N2O2. The van der Waals surface area contributed by atoms with Crippen molar-refractivity contribution in [1.29, 1.82) is 0 Å². The lowest BCUT2D eigenvalue weighted by atomic mass is 9.99. The van der Waals surface area contributed by atoms with E-state index in [1.807, 2.05) is 0 Å². The first-order chi connectivity index (χ1) is 9.96. The van der Waals surface area contributed by atoms with Crippen molar-refractivity contribution in [2.24, 2.45) is 5.92 Å². The summed E-state index contributed by atoms with van der Waals surface area (Å²) in [6.07, 6.45) is -2.74. The van der Waals surface area contributed by atoms with Crippen molar-refractivity contribution in [2.45, 2.75) is 19.0 Å². The minimum absolute atomic E-state index is 0.0203. The van der Waals surface area contributed by atoms with Gasteiger partial charge in [-0.05, 0) is 31.5 Å². The van der Waals surface area contributed by atoms with Gasteiger partial charge in [-0.25, -0.2) is 0 Å². The zero-order valence-corrected chi connectivity index (χ0v) is 11.4. The number of piperidine rings is 1. The first kappa shape index (κ1) is 15.6. The quantitative estimate of drug-likeness (QED) is 0.899. The van der Waals surface area contributed by atoms with E-state index in [0.717, 1.165) is 19.4 Å². The molecule has 0 aromatic heterocycles. The molecule has 2 rings (SSSR count). The van der Waals surface area contributed by atoms with Gasteiger partial charge in [-0.15, -0.1) is 0 Å². The van der Waals surface area contributed by atoms with Gasteiger partial charge in [-0.2, -0.15) is 13.2 Å². The van der Waals surface area contributed by atoms with E-state index >= 15 is 0 Å². The summed E-state index contributed by atoms with van der Waals surface area (Å²) < 4.78 is 41.4. The Balaban J connectivity index is 2.00. The first-order valence-electron chi connectivity index (χ1n) is 6.76. The number of alkyl halides is 3. The minimum atomic E-state index is -4.41. The molecule has 2 N–H and O–H groups in total. The predicted molar refractivity (Wildman–Crippen MR) is 72.2 cm³/mol. The van der Waals surface area contributed by atoms with E-state index in [1.165, 1.54) is 12.1 Å². The zero-order valence-electron chi connectivity index (χ0n) is 11.4. The molecular weight excluding hydrogens is 285 g/mol. The number of benzene rings is 1. The number of hydrogen-bond donors (Lipinski definition) is 2. The molecule has 21 heavy (non-hydrogen) atoms. The molecule has 4 nitrogen and oxygen atoms in total. The first-order valence-corrected chi connectivity index (χ1v) is 6.76. The second-order valence-corrected chi connectivity index (χ2v) is 4.93. The third kappa shape index (κ3) is 4.93. The Kier molecular flexibility index (Phi) is 5.06. The van der Waals surface area contributed by atoms with Crippen LogP contribution in [0.3, 0.4) is 0 Å². The van der Waals surface area contributed by atoms with Gasteiger partial charge in [0, 0.05) is 6.54 Å². The number of nitrogens with one attached hydrogen (secondary N) is 2. The van der Waals surface area contributed by atoms with E-state index in [1.54, 1.807) is 12.1 Å². The van der Waals surface area contributed by atoms with Crippen molar-refractivity contribution in [1.82, 2.24) is 5.32 Å². The number of carbonyl (C=O) groups is 1. The maximum absolute atomic E-state index is 12.2. The van der Waals surface area contributed by atoms with Gasteiger partial charge < -0.3 is 15.4 Å². The normalized spacial score (nSPS) is 19.1. The van der Waals surface area contributed by atoms with Gasteiger partial charge in [0.25, 0.3) is 0 Å². The van der Waals surface area contributed by atoms with Crippen LogP contribution in [0.15, 0.2) is 24.3 Å². The van der Waals surface area contributed by atoms with Crippen molar-refractivity contribution in [3.8, 4) is 5.75 Å². The highest BCUT2D eigenvalue weighted by Crippen LogP contribution is 2.27. The van der Waals surface area contributed by atoms with E-state index in [-0.39, 0.29) is 23.3 Å². The molecule has 1 fully saturated rings. The summed E-state index contributed by atoms with van der Waals surface area (Å²) in [6, 6.07) is 6.12. The molecule has 1 amide bonds. The molecule has 7 heteroatoms. The molecule has 1 aliphatic rings. The Morgan fingerprint density at radius 2 is 2.14 bits per heavy atom. The summed E-state index contributed by atoms with van der Waals surface area (Å²) in [6.45, 7) is 0.0807. The van der Waals surface area contributed by atoms with Crippen LogP contribution in [0.5, 0.6) is 5.75 Å². The van der Waals surface area contributed by atoms with Gasteiger partial charge >= 0.3 is 6.18 Å². The highest BCUT2D eigenvalue weighted by molar-refractivity contribution is 5.94. The average Bonchev–Trinajstić information content (AvgIpc) is 2.46. The fourth-order valence-corrected chi connectivity index (χ4v) is 2.17. The molecule has 0 bridgehead atoms. The van der Waals surface area contributed by atoms with Gasteiger partial charge in [0.2, 0.25) is 5.91 Å². The van der Waals surface area contributed by atoms with Crippen molar-refractivity contribution in [3.05, 3.63) is 24.3 Å². The number of anilines is 1. The van der Waals surface area contributed by atoms with Crippen molar-refractivity contribution >= 4 is 11.6 Å². The Morgan fingerprint density at radius 3 is 2.81 bits per heavy atom. The molecule has 1 aromatic rings. The third-order valence-electron chi connectivity index (χ3n) is 3.20. The standard InChI is InChI=1S/C14H17F3N2O2/c15-14(16,17)9-21-12-6-2-1-5-11(12)19-13(20)10-4-3-7-18-8-10/h1-2,5-6,10,18H,3-4,7-9H2,(H,19,20)/t10-/m1/s1. The van der Waals surface area contributed by atoms with Crippen LogP contribution in [-0.2, 0) is 4.79 Å². The highest BCUT2D eigenvalue weighted by Gasteiger charge is 2.29. The highest BCUT2D eigenvalue weighted by atomic mass is 19.4. The zero-order chi connectivity index (χ0) is 15.3. The molecule has 1 aliphatic heterocycles. The van der Waals surface area contributed by atoms with Crippen LogP contribution in [0.1, 0.15) is 12.8 Å². The fraction of sp³-hybridized carbons (Fsp3) is 0.500. The van der Waals surface area contributed by atoms with Crippen LogP contribution in [0.25, 0.3) is 0 Å². The van der Waals surface area contributed by atoms with Crippen LogP contribution in [-0.4, -0.2) is 31.8 Å². The van der Waals surface area contributed by atoms with Crippen molar-refractivity contribution < 1.29 is 22.7 Å². The van der Waals surface area contributed by atoms with Gasteiger partial charge in [0.15, 0.2) is 6.61 Å². The molecule has 1 saturated heterocycles. The summed E-state index contributed by atoms with van der Waals surface area (Å²) in [7, 11) is 0. The largest absolute Gasteiger partial charge is 0.482 e. The Labute approximate surface area is 120 Å². The SMILES string of the molecule is O=C(Nc1ccccc1OCC(F)(F)F)[C@@H]1CCCNC1. The lowest BCUT2D eigenvalue weighted by molar-refractivity contribution is -0.153. The second-order valence-electron chi connectivity index (χ2n) is 4.93. The third-order valence-corrected chi connectivity index (χ3v) is 3.20. The van der Waals surface area contributed by atoms with Gasteiger partial charge in [-0.1, -0.05) is 12.1 Å². The summed E-state index contributed by atoms with van der Waals surface area (Å²) >= 11 is 0. The Morgan fingerprint density at radius 1 is 1.38 bits per heavy atom. The molecule has 0 spiro atoms. The number of para-hydroxylation sites is 2. The van der Waals surface area contributed by atoms with Crippen LogP contribution in [0.4, 0.5) is 18.9 Å². The van der Waals surface area contributed by atoms with Crippen LogP contribution in [0, 0.1) is 5.92 Å². The Bertz CT molecular complexity index is 485. The van der Waals surface area contributed by atoms with E-state index in [2.05, 4.69) is 10.6 Å². The molecule has 0 aliphatic carbocycles. The lowest BCUT2D eigenvalue weighted by Gasteiger charge is -2.22. The number of halogens is 3. The van der Waals surface area contributed by atoms with Crippen LogP contribution in [0.2, 0.25) is 0 Å². The lowest BCUT2D eigenvalue weighted by Crippen LogP contribution is -2.37. The predicted octanol–water partition coefficient (Wildman–Crippen LogP) is 2.57. The molecule has 1 aromatic carbocycles. The molecule has 0 saturated carbocycles. The van der Waals surface area contributed by atoms with Crippen LogP contribution >= 0.6 is 0 Å². The van der Waals surface area contributed by atoms with E-state index in [4.69, 9.17) is 4.74 Å². The topological polar surface area (TPSA) is 50.4 Å². The van der Waals surface area contributed by atoms with Gasteiger partial charge in [0.1, 0.15) is 5.75 Å². The van der Waals surface area contributed by atoms with E-state index in [9.17, 15) is 18.0 Å². The summed E-state index contributed by atoms with van der Waals surface area (Å²) in [5.41, 5.74) is 0.261. The number of ether oxygens (including phenoxy) is 1. The number of hydrogen-bond acceptors (Lipinski definition) is 3. The number of amides is 1. The minimum Gasteiger partial charge on any atom is -0.482 e. The average molecular weight is 302 g/mol. The number of carbonyl (C=O) groups excluding carboxylic acids is 1. The molecule has 116 valence electrons. The Hall–Kier alpha value is -1.76. The van der Waals surface area contributed by atoms with E-state index in [0.29, 0.717) is 6.54 Å². The van der Waals surface area contributed by atoms with Crippen molar-refractivity contribution in [3.63, 3.8) is 0 Å². The fourth-order valence-electron chi connectivity index (χ4n) is 2.17. The van der Waals surface area contributed by atoms with E-state index < -0.39 is 12.8 Å². The molecule has 0 unspecified atom stereocenters. The van der Waals surface area contributed by atoms with Gasteiger partial charge in [-0.3, -0.25) is 4.79 Å². The molecule has 0 radical (unpaired) electrons. The molecule has 1 heterocycles. The number of rotatable bonds is 4. The summed E-state index contributed by atoms with van der Waals surface area (Å²) in [5.74, 6) is -0.355.